The molecule has 1 fully saturated rings. The highest BCUT2D eigenvalue weighted by atomic mass is 32.2. The van der Waals surface area contributed by atoms with E-state index < -0.39 is 15.9 Å². The summed E-state index contributed by atoms with van der Waals surface area (Å²) in [6.07, 6.45) is 0.720. The first-order valence-corrected chi connectivity index (χ1v) is 9.23. The zero-order valence-electron chi connectivity index (χ0n) is 11.5. The Hall–Kier alpha value is -1.12. The van der Waals surface area contributed by atoms with Gasteiger partial charge in [-0.2, -0.15) is 0 Å². The van der Waals surface area contributed by atoms with Gasteiger partial charge in [0.25, 0.3) is 0 Å². The van der Waals surface area contributed by atoms with Crippen LogP contribution in [0.3, 0.4) is 0 Å². The van der Waals surface area contributed by atoms with Crippen LogP contribution in [-0.4, -0.2) is 57.2 Å². The predicted octanol–water partition coefficient (Wildman–Crippen LogP) is 1.33. The highest BCUT2D eigenvalue weighted by Gasteiger charge is 2.27. The molecule has 0 unspecified atom stereocenters. The number of aryl methyl sites for hydroxylation is 1. The number of carbonyl (C=O) groups is 1. The van der Waals surface area contributed by atoms with Gasteiger partial charge in [-0.25, -0.2) is 13.2 Å². The number of ether oxygens (including phenoxy) is 1. The van der Waals surface area contributed by atoms with E-state index in [4.69, 9.17) is 4.74 Å². The third-order valence-electron chi connectivity index (χ3n) is 3.01. The number of hydrogen-bond acceptors (Lipinski definition) is 5. The Labute approximate surface area is 122 Å². The maximum absolute atomic E-state index is 12.1. The molecule has 0 aliphatic carbocycles. The lowest BCUT2D eigenvalue weighted by molar-refractivity contribution is 0.000459. The van der Waals surface area contributed by atoms with Crippen molar-refractivity contribution < 1.29 is 17.9 Å². The van der Waals surface area contributed by atoms with E-state index >= 15 is 0 Å². The minimum atomic E-state index is -3.11. The molecular weight excluding hydrogens is 300 g/mol. The van der Waals surface area contributed by atoms with Crippen LogP contribution < -0.4 is 5.32 Å². The van der Waals surface area contributed by atoms with Gasteiger partial charge in [0.2, 0.25) is 0 Å². The standard InChI is InChI=1S/C12H18N2O4S2/c1-9-6-19-7-11(9)13-12(15)14-3-4-18-10(5-14)8-20(2,16)17/h6-7,10H,3-5,8H2,1-2H3,(H,13,15)/t10-/m1/s1. The number of urea groups is 1. The van der Waals surface area contributed by atoms with Gasteiger partial charge in [0.15, 0.2) is 0 Å². The molecule has 0 saturated carbocycles. The molecular formula is C12H18N2O4S2. The summed E-state index contributed by atoms with van der Waals surface area (Å²) < 4.78 is 28.0. The van der Waals surface area contributed by atoms with Crippen LogP contribution in [0.4, 0.5) is 10.5 Å². The summed E-state index contributed by atoms with van der Waals surface area (Å²) >= 11 is 1.53. The second-order valence-electron chi connectivity index (χ2n) is 4.93. The molecule has 0 aromatic carbocycles. The lowest BCUT2D eigenvalue weighted by Gasteiger charge is -2.32. The van der Waals surface area contributed by atoms with Crippen LogP contribution >= 0.6 is 11.3 Å². The molecule has 112 valence electrons. The molecule has 2 rings (SSSR count). The molecule has 20 heavy (non-hydrogen) atoms. The molecule has 1 atom stereocenters. The molecule has 1 saturated heterocycles. The van der Waals surface area contributed by atoms with Crippen LogP contribution in [0.25, 0.3) is 0 Å². The number of nitrogens with zero attached hydrogens (tertiary/aromatic N) is 1. The van der Waals surface area contributed by atoms with Gasteiger partial charge in [-0.05, 0) is 17.9 Å². The molecule has 8 heteroatoms. The van der Waals surface area contributed by atoms with E-state index in [1.165, 1.54) is 17.6 Å². The molecule has 6 nitrogen and oxygen atoms in total. The fourth-order valence-corrected chi connectivity index (χ4v) is 3.68. The van der Waals surface area contributed by atoms with Gasteiger partial charge in [0.1, 0.15) is 9.84 Å². The van der Waals surface area contributed by atoms with Crippen molar-refractivity contribution in [1.29, 1.82) is 0 Å². The van der Waals surface area contributed by atoms with Gasteiger partial charge in [-0.3, -0.25) is 0 Å². The lowest BCUT2D eigenvalue weighted by Crippen LogP contribution is -2.49. The Morgan fingerprint density at radius 2 is 2.30 bits per heavy atom. The topological polar surface area (TPSA) is 75.7 Å². The van der Waals surface area contributed by atoms with E-state index in [2.05, 4.69) is 5.32 Å². The van der Waals surface area contributed by atoms with Crippen LogP contribution in [0.1, 0.15) is 5.56 Å². The van der Waals surface area contributed by atoms with Crippen LogP contribution in [0.15, 0.2) is 10.8 Å². The molecule has 1 aliphatic heterocycles. The monoisotopic (exact) mass is 318 g/mol. The number of thiophene rings is 1. The van der Waals surface area contributed by atoms with E-state index in [-0.39, 0.29) is 11.8 Å². The van der Waals surface area contributed by atoms with Crippen molar-refractivity contribution in [3.8, 4) is 0 Å². The van der Waals surface area contributed by atoms with Crippen LogP contribution in [0, 0.1) is 6.92 Å². The van der Waals surface area contributed by atoms with E-state index in [0.717, 1.165) is 11.3 Å². The smallest absolute Gasteiger partial charge is 0.322 e. The summed E-state index contributed by atoms with van der Waals surface area (Å²) in [5, 5.41) is 6.67. The van der Waals surface area contributed by atoms with E-state index in [1.807, 2.05) is 17.7 Å². The molecule has 1 aromatic rings. The lowest BCUT2D eigenvalue weighted by atomic mass is 10.3. The summed E-state index contributed by atoms with van der Waals surface area (Å²) in [6, 6.07) is -0.215. The second kappa shape index (κ2) is 6.11. The average Bonchev–Trinajstić information content (AvgIpc) is 2.73. The number of rotatable bonds is 3. The summed E-state index contributed by atoms with van der Waals surface area (Å²) in [7, 11) is -3.11. The zero-order chi connectivity index (χ0) is 14.8. The summed E-state index contributed by atoms with van der Waals surface area (Å²) in [6.45, 7) is 3.05. The van der Waals surface area contributed by atoms with Gasteiger partial charge in [-0.15, -0.1) is 11.3 Å². The molecule has 0 bridgehead atoms. The quantitative estimate of drug-likeness (QED) is 0.912. The number of sulfone groups is 1. The first-order chi connectivity index (χ1) is 9.35. The first-order valence-electron chi connectivity index (χ1n) is 6.23. The number of amides is 2. The molecule has 1 aromatic heterocycles. The Morgan fingerprint density at radius 1 is 1.55 bits per heavy atom. The SMILES string of the molecule is Cc1cscc1NC(=O)N1CCO[C@@H](CS(C)(=O)=O)C1. The number of morpholine rings is 1. The summed E-state index contributed by atoms with van der Waals surface area (Å²) in [5.41, 5.74) is 1.82. The Morgan fingerprint density at radius 3 is 2.90 bits per heavy atom. The van der Waals surface area contributed by atoms with Crippen molar-refractivity contribution in [2.75, 3.05) is 37.0 Å². The number of nitrogens with one attached hydrogen (secondary N) is 1. The largest absolute Gasteiger partial charge is 0.373 e. The van der Waals surface area contributed by atoms with Crippen molar-refractivity contribution in [2.45, 2.75) is 13.0 Å². The minimum Gasteiger partial charge on any atom is -0.373 e. The van der Waals surface area contributed by atoms with Gasteiger partial charge >= 0.3 is 6.03 Å². The van der Waals surface area contributed by atoms with Crippen LogP contribution in [0.5, 0.6) is 0 Å². The van der Waals surface area contributed by atoms with Gasteiger partial charge in [0.05, 0.1) is 24.2 Å². The predicted molar refractivity (Wildman–Crippen MR) is 79.1 cm³/mol. The Balaban J connectivity index is 1.95. The maximum atomic E-state index is 12.1. The summed E-state index contributed by atoms with van der Waals surface area (Å²) in [5.74, 6) is -0.0613. The van der Waals surface area contributed by atoms with Gasteiger partial charge in [0, 0.05) is 24.7 Å². The Kier molecular flexibility index (Phi) is 4.66. The van der Waals surface area contributed by atoms with Crippen LogP contribution in [0.2, 0.25) is 0 Å². The zero-order valence-corrected chi connectivity index (χ0v) is 13.1. The molecule has 0 spiro atoms. The fourth-order valence-electron chi connectivity index (χ4n) is 2.03. The third-order valence-corrected chi connectivity index (χ3v) is 4.85. The maximum Gasteiger partial charge on any atom is 0.322 e. The van der Waals surface area contributed by atoms with Gasteiger partial charge in [-0.1, -0.05) is 0 Å². The van der Waals surface area contributed by atoms with Crippen molar-refractivity contribution in [1.82, 2.24) is 4.90 Å². The fraction of sp³-hybridized carbons (Fsp3) is 0.583. The van der Waals surface area contributed by atoms with Crippen molar-refractivity contribution in [2.24, 2.45) is 0 Å². The average molecular weight is 318 g/mol. The number of carbonyl (C=O) groups excluding carboxylic acids is 1. The van der Waals surface area contributed by atoms with E-state index in [0.29, 0.717) is 19.7 Å². The van der Waals surface area contributed by atoms with Crippen molar-refractivity contribution >= 4 is 32.9 Å². The second-order valence-corrected chi connectivity index (χ2v) is 7.86. The van der Waals surface area contributed by atoms with Crippen molar-refractivity contribution in [3.63, 3.8) is 0 Å². The molecule has 1 N–H and O–H groups in total. The highest BCUT2D eigenvalue weighted by Crippen LogP contribution is 2.20. The molecule has 2 heterocycles. The molecule has 2 amide bonds. The van der Waals surface area contributed by atoms with E-state index in [1.54, 1.807) is 4.90 Å². The molecule has 0 radical (unpaired) electrons. The third kappa shape index (κ3) is 4.19. The van der Waals surface area contributed by atoms with E-state index in [9.17, 15) is 13.2 Å². The van der Waals surface area contributed by atoms with Gasteiger partial charge < -0.3 is 15.0 Å². The first kappa shape index (κ1) is 15.3. The summed E-state index contributed by atoms with van der Waals surface area (Å²) in [4.78, 5) is 13.7. The highest BCUT2D eigenvalue weighted by molar-refractivity contribution is 7.90. The minimum absolute atomic E-state index is 0.0613. The molecule has 1 aliphatic rings. The number of anilines is 1. The van der Waals surface area contributed by atoms with Crippen LogP contribution in [-0.2, 0) is 14.6 Å². The van der Waals surface area contributed by atoms with Crippen molar-refractivity contribution in [3.05, 3.63) is 16.3 Å². The normalized spacial score (nSPS) is 19.9. The Bertz CT molecular complexity index is 582. The number of hydrogen-bond donors (Lipinski definition) is 1.